The largest absolute Gasteiger partial charge is 0.491 e. The second-order valence-electron chi connectivity index (χ2n) is 4.49. The van der Waals surface area contributed by atoms with Crippen molar-refractivity contribution in [3.8, 4) is 0 Å². The maximum atomic E-state index is 13.3. The van der Waals surface area contributed by atoms with Gasteiger partial charge in [-0.15, -0.1) is 0 Å². The molecular formula is C12H16BFO2. The Bertz CT molecular complexity index is 362. The molecule has 2 N–H and O–H groups in total. The van der Waals surface area contributed by atoms with Crippen molar-refractivity contribution in [2.75, 3.05) is 0 Å². The van der Waals surface area contributed by atoms with Crippen LogP contribution in [0.25, 0.3) is 0 Å². The van der Waals surface area contributed by atoms with Crippen LogP contribution >= 0.6 is 0 Å². The van der Waals surface area contributed by atoms with Crippen LogP contribution in [0.3, 0.4) is 0 Å². The molecule has 0 unspecified atom stereocenters. The van der Waals surface area contributed by atoms with Crippen LogP contribution in [0.5, 0.6) is 0 Å². The molecule has 0 heterocycles. The molecule has 1 aromatic rings. The first-order valence-corrected chi connectivity index (χ1v) is 5.84. The molecule has 0 aromatic heterocycles. The van der Waals surface area contributed by atoms with E-state index in [0.29, 0.717) is 5.92 Å². The van der Waals surface area contributed by atoms with E-state index in [1.54, 1.807) is 12.1 Å². The van der Waals surface area contributed by atoms with Crippen LogP contribution in [0.4, 0.5) is 4.39 Å². The summed E-state index contributed by atoms with van der Waals surface area (Å²) in [5.74, 6) is -0.0959. The Hall–Kier alpha value is -0.865. The predicted molar refractivity (Wildman–Crippen MR) is 62.1 cm³/mol. The molecule has 1 fully saturated rings. The van der Waals surface area contributed by atoms with E-state index in [0.717, 1.165) is 18.4 Å². The molecule has 0 spiro atoms. The average Bonchev–Trinajstić information content (AvgIpc) is 2.30. The second-order valence-corrected chi connectivity index (χ2v) is 4.49. The van der Waals surface area contributed by atoms with Crippen LogP contribution in [0.15, 0.2) is 18.2 Å². The van der Waals surface area contributed by atoms with Crippen LogP contribution in [-0.2, 0) is 0 Å². The first-order chi connectivity index (χ1) is 7.68. The lowest BCUT2D eigenvalue weighted by atomic mass is 9.76. The summed E-state index contributed by atoms with van der Waals surface area (Å²) < 4.78 is 13.3. The number of halogens is 1. The SMILES string of the molecule is OB(O)c1cc(C2CCCCC2)ccc1F. The molecule has 2 nitrogen and oxygen atoms in total. The molecular weight excluding hydrogens is 206 g/mol. The van der Waals surface area contributed by atoms with Crippen LogP contribution in [0.1, 0.15) is 43.6 Å². The number of benzene rings is 1. The van der Waals surface area contributed by atoms with Gasteiger partial charge in [-0.05, 0) is 30.4 Å². The van der Waals surface area contributed by atoms with Crippen molar-refractivity contribution in [2.45, 2.75) is 38.0 Å². The van der Waals surface area contributed by atoms with Crippen LogP contribution in [0, 0.1) is 5.82 Å². The van der Waals surface area contributed by atoms with E-state index in [1.165, 1.54) is 25.3 Å². The van der Waals surface area contributed by atoms with Crippen LogP contribution in [-0.4, -0.2) is 17.2 Å². The van der Waals surface area contributed by atoms with Gasteiger partial charge in [0.25, 0.3) is 0 Å². The Morgan fingerprint density at radius 2 is 1.81 bits per heavy atom. The Balaban J connectivity index is 2.24. The highest BCUT2D eigenvalue weighted by Crippen LogP contribution is 2.32. The summed E-state index contributed by atoms with van der Waals surface area (Å²) in [6, 6.07) is 4.69. The molecule has 0 bridgehead atoms. The minimum atomic E-state index is -1.72. The van der Waals surface area contributed by atoms with Gasteiger partial charge in [0.1, 0.15) is 5.82 Å². The summed E-state index contributed by atoms with van der Waals surface area (Å²) in [6.45, 7) is 0. The van der Waals surface area contributed by atoms with E-state index in [-0.39, 0.29) is 5.46 Å². The fourth-order valence-electron chi connectivity index (χ4n) is 2.45. The summed E-state index contributed by atoms with van der Waals surface area (Å²) in [4.78, 5) is 0. The van der Waals surface area contributed by atoms with Gasteiger partial charge in [-0.1, -0.05) is 31.4 Å². The van der Waals surface area contributed by atoms with Gasteiger partial charge in [0.05, 0.1) is 0 Å². The molecule has 0 amide bonds. The first-order valence-electron chi connectivity index (χ1n) is 5.84. The van der Waals surface area contributed by atoms with Gasteiger partial charge >= 0.3 is 7.12 Å². The van der Waals surface area contributed by atoms with E-state index in [1.807, 2.05) is 0 Å². The Morgan fingerprint density at radius 3 is 2.44 bits per heavy atom. The molecule has 0 atom stereocenters. The highest BCUT2D eigenvalue weighted by atomic mass is 19.1. The number of rotatable bonds is 2. The third-order valence-electron chi connectivity index (χ3n) is 3.37. The molecule has 1 aliphatic carbocycles. The minimum absolute atomic E-state index is 0.0110. The summed E-state index contributed by atoms with van der Waals surface area (Å²) in [7, 11) is -1.72. The predicted octanol–water partition coefficient (Wildman–Crippen LogP) is 1.55. The fourth-order valence-corrected chi connectivity index (χ4v) is 2.45. The number of hydrogen-bond donors (Lipinski definition) is 2. The Kier molecular flexibility index (Phi) is 3.61. The van der Waals surface area contributed by atoms with Gasteiger partial charge < -0.3 is 10.0 Å². The van der Waals surface area contributed by atoms with Crippen molar-refractivity contribution in [1.82, 2.24) is 0 Å². The van der Waals surface area contributed by atoms with Gasteiger partial charge in [0.2, 0.25) is 0 Å². The summed E-state index contributed by atoms with van der Waals surface area (Å²) >= 11 is 0. The standard InChI is InChI=1S/C12H16BFO2/c14-12-7-6-10(8-11(12)13(15)16)9-4-2-1-3-5-9/h6-9,15-16H,1-5H2. The van der Waals surface area contributed by atoms with Crippen molar-refractivity contribution in [2.24, 2.45) is 0 Å². The van der Waals surface area contributed by atoms with E-state index in [2.05, 4.69) is 0 Å². The third kappa shape index (κ3) is 2.44. The van der Waals surface area contributed by atoms with Crippen molar-refractivity contribution >= 4 is 12.6 Å². The average molecular weight is 222 g/mol. The smallest absolute Gasteiger partial charge is 0.423 e. The second kappa shape index (κ2) is 4.98. The number of hydrogen-bond acceptors (Lipinski definition) is 2. The van der Waals surface area contributed by atoms with E-state index < -0.39 is 12.9 Å². The molecule has 16 heavy (non-hydrogen) atoms. The zero-order valence-corrected chi connectivity index (χ0v) is 9.19. The Morgan fingerprint density at radius 1 is 1.12 bits per heavy atom. The topological polar surface area (TPSA) is 40.5 Å². The summed E-state index contributed by atoms with van der Waals surface area (Å²) in [5, 5.41) is 18.1. The zero-order valence-electron chi connectivity index (χ0n) is 9.19. The maximum absolute atomic E-state index is 13.3. The van der Waals surface area contributed by atoms with Crippen molar-refractivity contribution in [3.63, 3.8) is 0 Å². The van der Waals surface area contributed by atoms with Gasteiger partial charge in [0, 0.05) is 5.46 Å². The first kappa shape index (κ1) is 11.6. The highest BCUT2D eigenvalue weighted by molar-refractivity contribution is 6.58. The van der Waals surface area contributed by atoms with Gasteiger partial charge in [-0.3, -0.25) is 0 Å². The fraction of sp³-hybridized carbons (Fsp3) is 0.500. The quantitative estimate of drug-likeness (QED) is 0.745. The normalized spacial score (nSPS) is 17.4. The molecule has 86 valence electrons. The van der Waals surface area contributed by atoms with Crippen LogP contribution in [0.2, 0.25) is 0 Å². The van der Waals surface area contributed by atoms with Gasteiger partial charge in [0.15, 0.2) is 0 Å². The third-order valence-corrected chi connectivity index (χ3v) is 3.37. The van der Waals surface area contributed by atoms with E-state index in [4.69, 9.17) is 10.0 Å². The highest BCUT2D eigenvalue weighted by Gasteiger charge is 2.21. The van der Waals surface area contributed by atoms with Gasteiger partial charge in [-0.25, -0.2) is 4.39 Å². The molecule has 1 saturated carbocycles. The van der Waals surface area contributed by atoms with Gasteiger partial charge in [-0.2, -0.15) is 0 Å². The zero-order chi connectivity index (χ0) is 11.5. The lowest BCUT2D eigenvalue weighted by molar-refractivity contribution is 0.422. The Labute approximate surface area is 95.3 Å². The maximum Gasteiger partial charge on any atom is 0.491 e. The lowest BCUT2D eigenvalue weighted by Crippen LogP contribution is -2.33. The molecule has 1 aromatic carbocycles. The molecule has 1 aliphatic rings. The van der Waals surface area contributed by atoms with Crippen molar-refractivity contribution in [1.29, 1.82) is 0 Å². The van der Waals surface area contributed by atoms with Crippen molar-refractivity contribution in [3.05, 3.63) is 29.6 Å². The molecule has 4 heteroatoms. The molecule has 0 radical (unpaired) electrons. The molecule has 0 aliphatic heterocycles. The summed E-state index contributed by atoms with van der Waals surface area (Å²) in [5.41, 5.74) is 1.02. The minimum Gasteiger partial charge on any atom is -0.423 e. The lowest BCUT2D eigenvalue weighted by Gasteiger charge is -2.22. The van der Waals surface area contributed by atoms with Crippen molar-refractivity contribution < 1.29 is 14.4 Å². The van der Waals surface area contributed by atoms with E-state index in [9.17, 15) is 4.39 Å². The van der Waals surface area contributed by atoms with Crippen LogP contribution < -0.4 is 5.46 Å². The van der Waals surface area contributed by atoms with E-state index >= 15 is 0 Å². The molecule has 0 saturated heterocycles. The monoisotopic (exact) mass is 222 g/mol. The summed E-state index contributed by atoms with van der Waals surface area (Å²) in [6.07, 6.45) is 5.92. The molecule has 2 rings (SSSR count).